The van der Waals surface area contributed by atoms with Crippen molar-refractivity contribution >= 4 is 52.7 Å². The van der Waals surface area contributed by atoms with E-state index in [1.165, 1.54) is 0 Å². The normalized spacial score (nSPS) is 15.0. The number of aliphatic imine (C=N–C) groups is 1. The molecular weight excluding hydrogens is 402 g/mol. The number of benzene rings is 2. The fourth-order valence-corrected chi connectivity index (χ4v) is 3.59. The maximum absolute atomic E-state index is 6.38. The molecule has 0 aliphatic carbocycles. The Morgan fingerprint density at radius 1 is 1.00 bits per heavy atom. The molecule has 2 aromatic rings. The summed E-state index contributed by atoms with van der Waals surface area (Å²) >= 11 is 24.6. The van der Waals surface area contributed by atoms with E-state index in [4.69, 9.17) is 51.1 Å². The van der Waals surface area contributed by atoms with Crippen molar-refractivity contribution in [3.05, 3.63) is 67.6 Å². The molecule has 0 radical (unpaired) electrons. The Morgan fingerprint density at radius 2 is 1.72 bits per heavy atom. The lowest BCUT2D eigenvalue weighted by molar-refractivity contribution is 0.0278. The van der Waals surface area contributed by atoms with E-state index in [0.717, 1.165) is 24.2 Å². The maximum Gasteiger partial charge on any atom is 0.102 e. The molecule has 0 saturated heterocycles. The highest BCUT2D eigenvalue weighted by molar-refractivity contribution is 6.35. The first-order valence-corrected chi connectivity index (χ1v) is 9.28. The van der Waals surface area contributed by atoms with Crippen molar-refractivity contribution in [3.8, 4) is 0 Å². The summed E-state index contributed by atoms with van der Waals surface area (Å²) in [5.41, 5.74) is 1.76. The lowest BCUT2D eigenvalue weighted by atomic mass is 10.1. The predicted octanol–water partition coefficient (Wildman–Crippen LogP) is 5.90. The third-order valence-corrected chi connectivity index (χ3v) is 5.08. The zero-order chi connectivity index (χ0) is 17.8. The van der Waals surface area contributed by atoms with Crippen LogP contribution >= 0.6 is 46.4 Å². The summed E-state index contributed by atoms with van der Waals surface area (Å²) in [6, 6.07) is 10.8. The van der Waals surface area contributed by atoms with E-state index in [1.54, 1.807) is 18.2 Å². The highest BCUT2D eigenvalue weighted by Crippen LogP contribution is 2.31. The quantitative estimate of drug-likeness (QED) is 0.584. The minimum Gasteiger partial charge on any atom is -0.367 e. The molecule has 0 N–H and O–H groups in total. The molecule has 1 aliphatic heterocycles. The lowest BCUT2D eigenvalue weighted by Gasteiger charge is -2.25. The zero-order valence-corrected chi connectivity index (χ0v) is 16.3. The van der Waals surface area contributed by atoms with Crippen LogP contribution in [-0.4, -0.2) is 30.9 Å². The molecule has 7 heteroatoms. The highest BCUT2D eigenvalue weighted by Gasteiger charge is 2.20. The first-order chi connectivity index (χ1) is 12.0. The topological polar surface area (TPSA) is 24.8 Å². The van der Waals surface area contributed by atoms with Gasteiger partial charge in [-0.15, -0.1) is 0 Å². The molecule has 0 saturated carbocycles. The van der Waals surface area contributed by atoms with Gasteiger partial charge in [-0.2, -0.15) is 0 Å². The summed E-state index contributed by atoms with van der Waals surface area (Å²) in [5.74, 6) is 0. The van der Waals surface area contributed by atoms with Crippen molar-refractivity contribution in [2.24, 2.45) is 4.99 Å². The van der Waals surface area contributed by atoms with E-state index < -0.39 is 0 Å². The third kappa shape index (κ3) is 5.02. The number of hydrogen-bond acceptors (Lipinski definition) is 3. The van der Waals surface area contributed by atoms with Gasteiger partial charge in [-0.05, 0) is 29.8 Å². The number of ether oxygens (including phenoxy) is 1. The first kappa shape index (κ1) is 18.8. The fraction of sp³-hybridized carbons (Fsp3) is 0.278. The van der Waals surface area contributed by atoms with Crippen molar-refractivity contribution in [3.63, 3.8) is 0 Å². The second kappa shape index (κ2) is 8.61. The average molecular weight is 418 g/mol. The number of hydrogen-bond donors (Lipinski definition) is 0. The van der Waals surface area contributed by atoms with Gasteiger partial charge in [0.05, 0.1) is 19.5 Å². The molecule has 0 fully saturated rings. The van der Waals surface area contributed by atoms with Crippen LogP contribution in [0.5, 0.6) is 0 Å². The van der Waals surface area contributed by atoms with Crippen LogP contribution in [0.4, 0.5) is 0 Å². The standard InChI is InChI=1S/C18H16Cl4N2O/c19-13-2-1-12(16(21)7-13)10-25-18(9-24-6-5-23-11-24)15-4-3-14(20)8-17(15)22/h1-4,7-8,11,18H,5-6,9-10H2. The van der Waals surface area contributed by atoms with E-state index in [1.807, 2.05) is 24.5 Å². The van der Waals surface area contributed by atoms with Crippen molar-refractivity contribution in [2.45, 2.75) is 12.7 Å². The minimum atomic E-state index is -0.235. The molecule has 0 aromatic heterocycles. The summed E-state index contributed by atoms with van der Waals surface area (Å²) in [6.45, 7) is 2.66. The van der Waals surface area contributed by atoms with E-state index in [9.17, 15) is 0 Å². The number of rotatable bonds is 6. The maximum atomic E-state index is 6.38. The van der Waals surface area contributed by atoms with Crippen molar-refractivity contribution in [1.82, 2.24) is 4.90 Å². The minimum absolute atomic E-state index is 0.235. The van der Waals surface area contributed by atoms with Gasteiger partial charge in [0.2, 0.25) is 0 Å². The third-order valence-electron chi connectivity index (χ3n) is 3.93. The highest BCUT2D eigenvalue weighted by atomic mass is 35.5. The SMILES string of the molecule is Clc1ccc(COC(CN2C=NCC2)c2ccc(Cl)cc2Cl)c(Cl)c1. The van der Waals surface area contributed by atoms with Gasteiger partial charge < -0.3 is 9.64 Å². The summed E-state index contributed by atoms with van der Waals surface area (Å²) in [4.78, 5) is 6.36. The smallest absolute Gasteiger partial charge is 0.102 e. The molecule has 1 unspecified atom stereocenters. The summed E-state index contributed by atoms with van der Waals surface area (Å²) in [7, 11) is 0. The Hall–Kier alpha value is -0.970. The van der Waals surface area contributed by atoms with Gasteiger partial charge in [-0.25, -0.2) is 0 Å². The van der Waals surface area contributed by atoms with Crippen LogP contribution in [0.15, 0.2) is 41.4 Å². The van der Waals surface area contributed by atoms with Gasteiger partial charge >= 0.3 is 0 Å². The Balaban J connectivity index is 1.79. The lowest BCUT2D eigenvalue weighted by Crippen LogP contribution is -2.27. The van der Waals surface area contributed by atoms with Crippen molar-refractivity contribution in [1.29, 1.82) is 0 Å². The molecule has 132 valence electrons. The van der Waals surface area contributed by atoms with Gasteiger partial charge in [-0.3, -0.25) is 4.99 Å². The monoisotopic (exact) mass is 416 g/mol. The van der Waals surface area contributed by atoms with Gasteiger partial charge in [0.1, 0.15) is 6.10 Å². The van der Waals surface area contributed by atoms with E-state index >= 15 is 0 Å². The Kier molecular flexibility index (Phi) is 6.48. The van der Waals surface area contributed by atoms with Gasteiger partial charge in [-0.1, -0.05) is 58.5 Å². The average Bonchev–Trinajstić information content (AvgIpc) is 3.06. The summed E-state index contributed by atoms with van der Waals surface area (Å²) in [6.07, 6.45) is 1.61. The molecule has 0 spiro atoms. The van der Waals surface area contributed by atoms with Crippen LogP contribution in [0.3, 0.4) is 0 Å². The molecule has 1 aliphatic rings. The Labute approximate surface area is 167 Å². The van der Waals surface area contributed by atoms with Crippen LogP contribution in [-0.2, 0) is 11.3 Å². The molecule has 1 atom stereocenters. The molecule has 3 rings (SSSR count). The first-order valence-electron chi connectivity index (χ1n) is 7.77. The van der Waals surface area contributed by atoms with E-state index in [-0.39, 0.29) is 6.10 Å². The predicted molar refractivity (Wildman–Crippen MR) is 105 cm³/mol. The van der Waals surface area contributed by atoms with Gasteiger partial charge in [0, 0.05) is 38.7 Å². The van der Waals surface area contributed by atoms with Gasteiger partial charge in [0.25, 0.3) is 0 Å². The molecule has 25 heavy (non-hydrogen) atoms. The van der Waals surface area contributed by atoms with Crippen LogP contribution < -0.4 is 0 Å². The van der Waals surface area contributed by atoms with Gasteiger partial charge in [0.15, 0.2) is 0 Å². The number of halogens is 4. The fourth-order valence-electron chi connectivity index (χ4n) is 2.60. The van der Waals surface area contributed by atoms with Crippen molar-refractivity contribution in [2.75, 3.05) is 19.6 Å². The molecule has 2 aromatic carbocycles. The molecular formula is C18H16Cl4N2O. The molecule has 0 amide bonds. The second-order valence-corrected chi connectivity index (χ2v) is 7.41. The van der Waals surface area contributed by atoms with E-state index in [0.29, 0.717) is 33.2 Å². The van der Waals surface area contributed by atoms with Crippen LogP contribution in [0.1, 0.15) is 17.2 Å². The van der Waals surface area contributed by atoms with Crippen LogP contribution in [0, 0.1) is 0 Å². The number of nitrogens with zero attached hydrogens (tertiary/aromatic N) is 2. The summed E-state index contributed by atoms with van der Waals surface area (Å²) in [5, 5.41) is 2.35. The molecule has 1 heterocycles. The van der Waals surface area contributed by atoms with Crippen molar-refractivity contribution < 1.29 is 4.74 Å². The zero-order valence-electron chi connectivity index (χ0n) is 13.3. The second-order valence-electron chi connectivity index (χ2n) is 5.72. The largest absolute Gasteiger partial charge is 0.367 e. The Bertz CT molecular complexity index is 782. The van der Waals surface area contributed by atoms with E-state index in [2.05, 4.69) is 9.89 Å². The van der Waals surface area contributed by atoms with Crippen LogP contribution in [0.2, 0.25) is 20.1 Å². The molecule has 0 bridgehead atoms. The molecule has 3 nitrogen and oxygen atoms in total. The summed E-state index contributed by atoms with van der Waals surface area (Å²) < 4.78 is 6.16. The van der Waals surface area contributed by atoms with Crippen LogP contribution in [0.25, 0.3) is 0 Å². The Morgan fingerprint density at radius 3 is 2.36 bits per heavy atom.